The zero-order valence-electron chi connectivity index (χ0n) is 22.3. The normalized spacial score (nSPS) is 11.7. The molecule has 0 aliphatic heterocycles. The number of benzene rings is 3. The van der Waals surface area contributed by atoms with Crippen LogP contribution in [-0.2, 0) is 22.6 Å². The van der Waals surface area contributed by atoms with E-state index in [-0.39, 0.29) is 19.1 Å². The summed E-state index contributed by atoms with van der Waals surface area (Å²) in [6.07, 6.45) is 2.06. The molecule has 0 bridgehead atoms. The monoisotopic (exact) mass is 582 g/mol. The van der Waals surface area contributed by atoms with Crippen LogP contribution < -0.4 is 10.1 Å². The van der Waals surface area contributed by atoms with E-state index in [1.165, 1.54) is 11.0 Å². The minimum absolute atomic E-state index is 0.0545. The third-order valence-corrected chi connectivity index (χ3v) is 6.99. The van der Waals surface area contributed by atoms with Crippen molar-refractivity contribution in [2.75, 3.05) is 13.2 Å². The molecule has 0 saturated heterocycles. The lowest BCUT2D eigenvalue weighted by atomic mass is 10.0. The predicted molar refractivity (Wildman–Crippen MR) is 153 cm³/mol. The first-order valence-electron chi connectivity index (χ1n) is 13.1. The van der Waals surface area contributed by atoms with Gasteiger partial charge in [-0.2, -0.15) is 0 Å². The predicted octanol–water partition coefficient (Wildman–Crippen LogP) is 6.65. The quantitative estimate of drug-likeness (QED) is 0.230. The molecular formula is C31H36BrFN2O3. The van der Waals surface area contributed by atoms with Crippen molar-refractivity contribution in [2.24, 2.45) is 0 Å². The molecule has 0 aliphatic carbocycles. The maximum atomic E-state index is 14.7. The number of nitrogens with one attached hydrogen (secondary N) is 1. The van der Waals surface area contributed by atoms with E-state index in [2.05, 4.69) is 35.1 Å². The van der Waals surface area contributed by atoms with Crippen molar-refractivity contribution in [1.82, 2.24) is 10.2 Å². The minimum Gasteiger partial charge on any atom is -0.483 e. The highest BCUT2D eigenvalue weighted by molar-refractivity contribution is 9.10. The third-order valence-electron chi connectivity index (χ3n) is 6.37. The van der Waals surface area contributed by atoms with Crippen molar-refractivity contribution in [3.63, 3.8) is 0 Å². The molecule has 0 spiro atoms. The van der Waals surface area contributed by atoms with E-state index >= 15 is 0 Å². The molecule has 0 radical (unpaired) electrons. The highest BCUT2D eigenvalue weighted by Gasteiger charge is 2.31. The number of hydrogen-bond donors (Lipinski definition) is 1. The first-order valence-corrected chi connectivity index (χ1v) is 13.9. The summed E-state index contributed by atoms with van der Waals surface area (Å²) in [7, 11) is 0. The van der Waals surface area contributed by atoms with Crippen LogP contribution in [0.5, 0.6) is 5.75 Å². The Morgan fingerprint density at radius 3 is 2.39 bits per heavy atom. The fraction of sp³-hybridized carbons (Fsp3) is 0.355. The number of carbonyl (C=O) groups excluding carboxylic acids is 2. The van der Waals surface area contributed by atoms with Crippen molar-refractivity contribution in [1.29, 1.82) is 0 Å². The number of halogens is 2. The number of unbranched alkanes of at least 4 members (excludes halogenated alkanes) is 1. The Labute approximate surface area is 233 Å². The molecule has 3 rings (SSSR count). The Kier molecular flexibility index (Phi) is 11.3. The molecule has 7 heteroatoms. The van der Waals surface area contributed by atoms with Crippen LogP contribution in [0, 0.1) is 5.82 Å². The van der Waals surface area contributed by atoms with Gasteiger partial charge >= 0.3 is 0 Å². The van der Waals surface area contributed by atoms with Crippen LogP contribution in [0.25, 0.3) is 0 Å². The maximum absolute atomic E-state index is 14.7. The van der Waals surface area contributed by atoms with Crippen LogP contribution >= 0.6 is 15.9 Å². The summed E-state index contributed by atoms with van der Waals surface area (Å²) in [4.78, 5) is 28.5. The van der Waals surface area contributed by atoms with Gasteiger partial charge in [-0.15, -0.1) is 0 Å². The summed E-state index contributed by atoms with van der Waals surface area (Å²) in [6.45, 7) is 6.41. The Morgan fingerprint density at radius 1 is 1.03 bits per heavy atom. The van der Waals surface area contributed by atoms with Gasteiger partial charge < -0.3 is 15.0 Å². The minimum atomic E-state index is -0.836. The molecule has 0 heterocycles. The number of nitrogens with zero attached hydrogens (tertiary/aromatic N) is 1. The number of carbonyl (C=O) groups is 2. The zero-order valence-corrected chi connectivity index (χ0v) is 23.8. The Hall–Kier alpha value is -3.19. The summed E-state index contributed by atoms with van der Waals surface area (Å²) in [5.74, 6) is -0.221. The number of rotatable bonds is 13. The number of hydrogen-bond acceptors (Lipinski definition) is 3. The zero-order chi connectivity index (χ0) is 27.5. The van der Waals surface area contributed by atoms with E-state index in [9.17, 15) is 14.0 Å². The highest BCUT2D eigenvalue weighted by Crippen LogP contribution is 2.29. The summed E-state index contributed by atoms with van der Waals surface area (Å²) in [5, 5.41) is 2.96. The van der Waals surface area contributed by atoms with Gasteiger partial charge in [0.05, 0.1) is 4.47 Å². The van der Waals surface area contributed by atoms with Crippen LogP contribution in [0.1, 0.15) is 56.2 Å². The maximum Gasteiger partial charge on any atom is 0.261 e. The molecule has 0 fully saturated rings. The van der Waals surface area contributed by atoms with Gasteiger partial charge in [0.25, 0.3) is 5.91 Å². The summed E-state index contributed by atoms with van der Waals surface area (Å²) in [5.41, 5.74) is 2.38. The van der Waals surface area contributed by atoms with Gasteiger partial charge in [0.1, 0.15) is 17.6 Å². The molecule has 5 nitrogen and oxygen atoms in total. The number of amides is 2. The van der Waals surface area contributed by atoms with Crippen LogP contribution in [0.15, 0.2) is 77.3 Å². The first-order chi connectivity index (χ1) is 18.3. The topological polar surface area (TPSA) is 58.6 Å². The molecule has 0 unspecified atom stereocenters. The van der Waals surface area contributed by atoms with Gasteiger partial charge in [0.15, 0.2) is 6.61 Å². The SMILES string of the molecule is CCCCNC(=O)[C@H](Cc1ccccc1)N(Cc1ccccc1F)C(=O)COc1ccc(C(C)C)cc1Br. The highest BCUT2D eigenvalue weighted by atomic mass is 79.9. The standard InChI is InChI=1S/C31H36BrFN2O3/c1-4-5-17-34-31(37)28(18-23-11-7-6-8-12-23)35(20-25-13-9-10-14-27(25)33)30(36)21-38-29-16-15-24(22(2)3)19-26(29)32/h6-16,19,22,28H,4-5,17-18,20-21H2,1-3H3,(H,34,37)/t28-/m0/s1. The molecule has 3 aromatic carbocycles. The Morgan fingerprint density at radius 2 is 1.74 bits per heavy atom. The second-order valence-electron chi connectivity index (χ2n) is 9.60. The smallest absolute Gasteiger partial charge is 0.261 e. The fourth-order valence-corrected chi connectivity index (χ4v) is 4.60. The van der Waals surface area contributed by atoms with E-state index in [0.717, 1.165) is 28.4 Å². The van der Waals surface area contributed by atoms with Crippen molar-refractivity contribution in [2.45, 2.75) is 58.5 Å². The Balaban J connectivity index is 1.90. The lowest BCUT2D eigenvalue weighted by molar-refractivity contribution is -0.142. The van der Waals surface area contributed by atoms with E-state index in [4.69, 9.17) is 4.74 Å². The van der Waals surface area contributed by atoms with E-state index in [1.807, 2.05) is 55.5 Å². The van der Waals surface area contributed by atoms with Gasteiger partial charge in [-0.3, -0.25) is 9.59 Å². The van der Waals surface area contributed by atoms with Crippen LogP contribution in [-0.4, -0.2) is 35.9 Å². The lowest BCUT2D eigenvalue weighted by Gasteiger charge is -2.31. The van der Waals surface area contributed by atoms with E-state index in [1.54, 1.807) is 18.2 Å². The lowest BCUT2D eigenvalue weighted by Crippen LogP contribution is -2.52. The van der Waals surface area contributed by atoms with Gasteiger partial charge in [-0.1, -0.05) is 81.8 Å². The summed E-state index contributed by atoms with van der Waals surface area (Å²) >= 11 is 3.53. The van der Waals surface area contributed by atoms with Crippen molar-refractivity contribution >= 4 is 27.7 Å². The van der Waals surface area contributed by atoms with Gasteiger partial charge in [0, 0.05) is 25.1 Å². The second-order valence-corrected chi connectivity index (χ2v) is 10.5. The van der Waals surface area contributed by atoms with Gasteiger partial charge in [0.2, 0.25) is 5.91 Å². The second kappa shape index (κ2) is 14.7. The molecule has 0 saturated carbocycles. The summed E-state index contributed by atoms with van der Waals surface area (Å²) < 4.78 is 21.3. The number of ether oxygens (including phenoxy) is 1. The molecule has 1 N–H and O–H groups in total. The van der Waals surface area contributed by atoms with Gasteiger partial charge in [-0.05, 0) is 57.6 Å². The molecule has 1 atom stereocenters. The van der Waals surface area contributed by atoms with E-state index < -0.39 is 17.8 Å². The summed E-state index contributed by atoms with van der Waals surface area (Å²) in [6, 6.07) is 20.8. The van der Waals surface area contributed by atoms with Gasteiger partial charge in [-0.25, -0.2) is 4.39 Å². The molecule has 0 aliphatic rings. The van der Waals surface area contributed by atoms with Crippen LogP contribution in [0.2, 0.25) is 0 Å². The van der Waals surface area contributed by atoms with Crippen molar-refractivity contribution in [3.05, 3.63) is 99.8 Å². The van der Waals surface area contributed by atoms with E-state index in [0.29, 0.717) is 30.2 Å². The van der Waals surface area contributed by atoms with Crippen molar-refractivity contribution < 1.29 is 18.7 Å². The molecule has 3 aromatic rings. The molecule has 38 heavy (non-hydrogen) atoms. The first kappa shape index (κ1) is 29.4. The molecular weight excluding hydrogens is 547 g/mol. The van der Waals surface area contributed by atoms with Crippen LogP contribution in [0.4, 0.5) is 4.39 Å². The average Bonchev–Trinajstić information content (AvgIpc) is 2.91. The fourth-order valence-electron chi connectivity index (χ4n) is 4.09. The molecule has 2 amide bonds. The third kappa shape index (κ3) is 8.42. The Bertz CT molecular complexity index is 1200. The molecule has 0 aromatic heterocycles. The van der Waals surface area contributed by atoms with Crippen LogP contribution in [0.3, 0.4) is 0 Å². The molecule has 202 valence electrons. The largest absolute Gasteiger partial charge is 0.483 e. The average molecular weight is 584 g/mol. The van der Waals surface area contributed by atoms with Crippen molar-refractivity contribution in [3.8, 4) is 5.75 Å².